The molecule has 0 aromatic heterocycles. The Kier molecular flexibility index (Phi) is 3.35. The molecule has 1 aliphatic heterocycles. The molecular weight excluding hydrogens is 226 g/mol. The van der Waals surface area contributed by atoms with E-state index in [-0.39, 0.29) is 0 Å². The first-order chi connectivity index (χ1) is 8.70. The Labute approximate surface area is 110 Å². The zero-order chi connectivity index (χ0) is 12.6. The van der Waals surface area contributed by atoms with Crippen LogP contribution in [-0.4, -0.2) is 35.1 Å². The fraction of sp³-hybridized carbons (Fsp3) is 0.933. The number of carbonyl (C=O) groups is 1. The van der Waals surface area contributed by atoms with Crippen LogP contribution < -0.4 is 0 Å². The highest BCUT2D eigenvalue weighted by Gasteiger charge is 2.45. The van der Waals surface area contributed by atoms with Crippen LogP contribution in [0, 0.1) is 11.3 Å². The van der Waals surface area contributed by atoms with Gasteiger partial charge < -0.3 is 5.11 Å². The molecule has 1 N–H and O–H groups in total. The predicted molar refractivity (Wildman–Crippen MR) is 70.5 cm³/mol. The van der Waals surface area contributed by atoms with E-state index in [9.17, 15) is 9.90 Å². The summed E-state index contributed by atoms with van der Waals surface area (Å²) >= 11 is 0. The number of hydrogen-bond donors (Lipinski definition) is 1. The zero-order valence-electron chi connectivity index (χ0n) is 11.2. The van der Waals surface area contributed by atoms with Gasteiger partial charge in [0.05, 0.1) is 5.41 Å². The van der Waals surface area contributed by atoms with Crippen molar-refractivity contribution in [1.29, 1.82) is 0 Å². The molecular formula is C15H25NO2. The van der Waals surface area contributed by atoms with Crippen molar-refractivity contribution in [3.8, 4) is 0 Å². The number of rotatable bonds is 3. The van der Waals surface area contributed by atoms with Crippen molar-refractivity contribution in [2.45, 2.75) is 63.8 Å². The van der Waals surface area contributed by atoms with Crippen LogP contribution in [0.25, 0.3) is 0 Å². The third kappa shape index (κ3) is 2.18. The van der Waals surface area contributed by atoms with Crippen molar-refractivity contribution in [1.82, 2.24) is 4.90 Å². The Morgan fingerprint density at radius 3 is 2.39 bits per heavy atom. The number of piperidine rings is 1. The van der Waals surface area contributed by atoms with E-state index in [1.54, 1.807) is 0 Å². The van der Waals surface area contributed by atoms with Gasteiger partial charge >= 0.3 is 5.97 Å². The average Bonchev–Trinajstić information content (AvgIpc) is 2.86. The summed E-state index contributed by atoms with van der Waals surface area (Å²) < 4.78 is 0. The van der Waals surface area contributed by atoms with Crippen molar-refractivity contribution in [2.24, 2.45) is 11.3 Å². The lowest BCUT2D eigenvalue weighted by Crippen LogP contribution is -2.45. The van der Waals surface area contributed by atoms with Gasteiger partial charge in [-0.15, -0.1) is 0 Å². The van der Waals surface area contributed by atoms with Gasteiger partial charge in [0.1, 0.15) is 0 Å². The fourth-order valence-electron chi connectivity index (χ4n) is 4.45. The first kappa shape index (κ1) is 12.5. The largest absolute Gasteiger partial charge is 0.481 e. The average molecular weight is 251 g/mol. The molecule has 18 heavy (non-hydrogen) atoms. The van der Waals surface area contributed by atoms with Crippen LogP contribution in [0.4, 0.5) is 0 Å². The number of carboxylic acids is 1. The van der Waals surface area contributed by atoms with Crippen LogP contribution in [0.1, 0.15) is 57.8 Å². The molecule has 102 valence electrons. The van der Waals surface area contributed by atoms with E-state index in [1.807, 2.05) is 0 Å². The topological polar surface area (TPSA) is 40.5 Å². The number of hydrogen-bond acceptors (Lipinski definition) is 2. The van der Waals surface area contributed by atoms with E-state index >= 15 is 0 Å². The van der Waals surface area contributed by atoms with Crippen molar-refractivity contribution in [2.75, 3.05) is 13.1 Å². The van der Waals surface area contributed by atoms with Crippen LogP contribution in [0.5, 0.6) is 0 Å². The van der Waals surface area contributed by atoms with Gasteiger partial charge in [-0.05, 0) is 38.0 Å². The second kappa shape index (κ2) is 4.84. The molecule has 2 saturated carbocycles. The predicted octanol–water partition coefficient (Wildman–Crippen LogP) is 2.90. The van der Waals surface area contributed by atoms with Gasteiger partial charge in [0.15, 0.2) is 0 Å². The second-order valence-electron chi connectivity index (χ2n) is 6.76. The Morgan fingerprint density at radius 1 is 1.17 bits per heavy atom. The molecule has 1 saturated heterocycles. The van der Waals surface area contributed by atoms with Gasteiger partial charge in [0, 0.05) is 19.1 Å². The maximum absolute atomic E-state index is 11.8. The van der Waals surface area contributed by atoms with Gasteiger partial charge in [-0.25, -0.2) is 0 Å². The number of nitrogens with zero attached hydrogens (tertiary/aromatic N) is 1. The van der Waals surface area contributed by atoms with E-state index in [4.69, 9.17) is 0 Å². The summed E-state index contributed by atoms with van der Waals surface area (Å²) in [4.78, 5) is 14.3. The molecule has 3 rings (SSSR count). The third-order valence-electron chi connectivity index (χ3n) is 5.54. The van der Waals surface area contributed by atoms with E-state index in [2.05, 4.69) is 4.90 Å². The summed E-state index contributed by atoms with van der Waals surface area (Å²) in [6, 6.07) is 0.703. The van der Waals surface area contributed by atoms with E-state index < -0.39 is 11.4 Å². The van der Waals surface area contributed by atoms with Crippen LogP contribution in [0.2, 0.25) is 0 Å². The van der Waals surface area contributed by atoms with Gasteiger partial charge in [0.25, 0.3) is 0 Å². The number of carboxylic acid groups (broad SMARTS) is 1. The van der Waals surface area contributed by atoms with E-state index in [1.165, 1.54) is 38.6 Å². The summed E-state index contributed by atoms with van der Waals surface area (Å²) in [6.45, 7) is 1.99. The minimum Gasteiger partial charge on any atom is -0.481 e. The van der Waals surface area contributed by atoms with Crippen LogP contribution in [-0.2, 0) is 4.79 Å². The lowest BCUT2D eigenvalue weighted by Gasteiger charge is -2.36. The smallest absolute Gasteiger partial charge is 0.310 e. The van der Waals surface area contributed by atoms with Crippen LogP contribution in [0.15, 0.2) is 0 Å². The lowest BCUT2D eigenvalue weighted by molar-refractivity contribution is -0.151. The van der Waals surface area contributed by atoms with Crippen molar-refractivity contribution in [3.63, 3.8) is 0 Å². The molecule has 2 unspecified atom stereocenters. The molecule has 0 aromatic rings. The molecule has 2 bridgehead atoms. The van der Waals surface area contributed by atoms with Crippen LogP contribution >= 0.6 is 0 Å². The maximum Gasteiger partial charge on any atom is 0.310 e. The van der Waals surface area contributed by atoms with Gasteiger partial charge in [-0.2, -0.15) is 0 Å². The van der Waals surface area contributed by atoms with Crippen molar-refractivity contribution in [3.05, 3.63) is 0 Å². The normalized spacial score (nSPS) is 35.6. The lowest BCUT2D eigenvalue weighted by atomic mass is 9.79. The summed E-state index contributed by atoms with van der Waals surface area (Å²) in [5.41, 5.74) is -0.430. The fourth-order valence-corrected chi connectivity index (χ4v) is 4.45. The molecule has 0 radical (unpaired) electrons. The molecule has 0 spiro atoms. The molecule has 2 aliphatic carbocycles. The Bertz CT molecular complexity index is 320. The molecule has 2 atom stereocenters. The highest BCUT2D eigenvalue weighted by atomic mass is 16.4. The van der Waals surface area contributed by atoms with Gasteiger partial charge in [-0.1, -0.05) is 25.7 Å². The minimum absolute atomic E-state index is 0.430. The molecule has 1 heterocycles. The summed E-state index contributed by atoms with van der Waals surface area (Å²) in [7, 11) is 0. The van der Waals surface area contributed by atoms with Gasteiger partial charge in [0.2, 0.25) is 0 Å². The van der Waals surface area contributed by atoms with Crippen molar-refractivity contribution >= 4 is 5.97 Å². The third-order valence-corrected chi connectivity index (χ3v) is 5.54. The molecule has 3 aliphatic rings. The Hall–Kier alpha value is -0.570. The first-order valence-corrected chi connectivity index (χ1v) is 7.67. The van der Waals surface area contributed by atoms with E-state index in [0.29, 0.717) is 6.04 Å². The SMILES string of the molecule is O=C(O)C1(CN2CC3CCC2C3)CCCCCC1. The van der Waals surface area contributed by atoms with Gasteiger partial charge in [-0.3, -0.25) is 9.69 Å². The highest BCUT2D eigenvalue weighted by molar-refractivity contribution is 5.75. The summed E-state index contributed by atoms with van der Waals surface area (Å²) in [5.74, 6) is 0.332. The van der Waals surface area contributed by atoms with E-state index in [0.717, 1.165) is 38.1 Å². The maximum atomic E-state index is 11.8. The van der Waals surface area contributed by atoms with Crippen molar-refractivity contribution < 1.29 is 9.90 Å². The quantitative estimate of drug-likeness (QED) is 0.784. The molecule has 3 fully saturated rings. The number of likely N-dealkylation sites (tertiary alicyclic amines) is 1. The number of fused-ring (bicyclic) bond motifs is 2. The molecule has 0 aromatic carbocycles. The molecule has 3 heteroatoms. The Balaban J connectivity index is 1.71. The summed E-state index contributed by atoms with van der Waals surface area (Å²) in [6.07, 6.45) is 10.5. The Morgan fingerprint density at radius 2 is 1.89 bits per heavy atom. The zero-order valence-corrected chi connectivity index (χ0v) is 11.2. The standard InChI is InChI=1S/C15H25NO2/c17-14(18)15(7-3-1-2-4-8-15)11-16-10-12-5-6-13(16)9-12/h12-13H,1-11H2,(H,17,18). The first-order valence-electron chi connectivity index (χ1n) is 7.67. The second-order valence-corrected chi connectivity index (χ2v) is 6.76. The molecule has 3 nitrogen and oxygen atoms in total. The summed E-state index contributed by atoms with van der Waals surface area (Å²) in [5, 5.41) is 9.72. The molecule has 0 amide bonds. The van der Waals surface area contributed by atoms with Crippen LogP contribution in [0.3, 0.4) is 0 Å². The minimum atomic E-state index is -0.535. The highest BCUT2D eigenvalue weighted by Crippen LogP contribution is 2.42. The monoisotopic (exact) mass is 251 g/mol. The number of aliphatic carboxylic acids is 1.